The smallest absolute Gasteiger partial charge is 0.0853 e. The average Bonchev–Trinajstić information content (AvgIpc) is 2.33. The summed E-state index contributed by atoms with van der Waals surface area (Å²) in [4.78, 5) is 1.46. The highest BCUT2D eigenvalue weighted by molar-refractivity contribution is 4.97. The minimum atomic E-state index is -0.600. The molecule has 0 aromatic carbocycles. The summed E-state index contributed by atoms with van der Waals surface area (Å²) in [5, 5.41) is 17.6. The summed E-state index contributed by atoms with van der Waals surface area (Å²) >= 11 is 0. The van der Waals surface area contributed by atoms with Crippen molar-refractivity contribution in [3.8, 4) is 0 Å². The minimum absolute atomic E-state index is 0.442. The Kier molecular flexibility index (Phi) is 2.68. The Morgan fingerprint density at radius 2 is 2.31 bits per heavy atom. The van der Waals surface area contributed by atoms with E-state index in [2.05, 4.69) is 10.2 Å². The van der Waals surface area contributed by atoms with Gasteiger partial charge in [-0.25, -0.2) is 0 Å². The third-order valence-electron chi connectivity index (χ3n) is 1.91. The molecule has 5 nitrogen and oxygen atoms in total. The molecule has 0 aliphatic rings. The van der Waals surface area contributed by atoms with Crippen LogP contribution in [0, 0.1) is 0 Å². The summed E-state index contributed by atoms with van der Waals surface area (Å²) in [5.74, 6) is 0. The molecule has 0 spiro atoms. The van der Waals surface area contributed by atoms with Gasteiger partial charge in [0.2, 0.25) is 0 Å². The molecule has 0 radical (unpaired) electrons. The van der Waals surface area contributed by atoms with Gasteiger partial charge in [-0.1, -0.05) is 0 Å². The summed E-state index contributed by atoms with van der Waals surface area (Å²) < 4.78 is 0. The van der Waals surface area contributed by atoms with E-state index in [0.717, 1.165) is 5.69 Å². The highest BCUT2D eigenvalue weighted by atomic mass is 16.3. The van der Waals surface area contributed by atoms with E-state index in [1.165, 1.54) is 4.80 Å². The topological polar surface area (TPSA) is 77.0 Å². The minimum Gasteiger partial charge on any atom is -0.391 e. The van der Waals surface area contributed by atoms with Crippen molar-refractivity contribution in [2.24, 2.45) is 12.8 Å². The molecule has 0 saturated carbocycles. The van der Waals surface area contributed by atoms with E-state index < -0.39 is 11.6 Å². The van der Waals surface area contributed by atoms with Crippen LogP contribution in [0.15, 0.2) is 6.20 Å². The number of nitrogens with two attached hydrogens (primary N) is 1. The molecule has 3 N–H and O–H groups in total. The Morgan fingerprint density at radius 1 is 1.69 bits per heavy atom. The lowest BCUT2D eigenvalue weighted by Crippen LogP contribution is -2.46. The first-order chi connectivity index (χ1) is 5.89. The molecule has 1 atom stereocenters. The van der Waals surface area contributed by atoms with Crippen molar-refractivity contribution in [2.45, 2.75) is 31.9 Å². The number of aliphatic hydroxyl groups is 1. The molecule has 0 amide bonds. The van der Waals surface area contributed by atoms with Crippen LogP contribution in [-0.2, 0) is 13.5 Å². The molecule has 1 heterocycles. The Hall–Kier alpha value is -0.940. The van der Waals surface area contributed by atoms with Crippen LogP contribution in [0.1, 0.15) is 19.5 Å². The lowest BCUT2D eigenvalue weighted by Gasteiger charge is -2.24. The largest absolute Gasteiger partial charge is 0.391 e. The lowest BCUT2D eigenvalue weighted by molar-refractivity contribution is 0.103. The molecule has 1 aromatic heterocycles. The number of hydrogen-bond donors (Lipinski definition) is 2. The van der Waals surface area contributed by atoms with Crippen LogP contribution in [0.4, 0.5) is 0 Å². The van der Waals surface area contributed by atoms with Crippen LogP contribution in [0.3, 0.4) is 0 Å². The molecule has 1 rings (SSSR count). The van der Waals surface area contributed by atoms with Crippen molar-refractivity contribution < 1.29 is 5.11 Å². The molecule has 1 unspecified atom stereocenters. The summed E-state index contributed by atoms with van der Waals surface area (Å²) in [6.07, 6.45) is 1.48. The number of rotatable bonds is 3. The van der Waals surface area contributed by atoms with Crippen molar-refractivity contribution in [3.05, 3.63) is 11.9 Å². The Morgan fingerprint density at radius 3 is 2.69 bits per heavy atom. The van der Waals surface area contributed by atoms with Gasteiger partial charge >= 0.3 is 0 Å². The second-order valence-electron chi connectivity index (χ2n) is 3.87. The second kappa shape index (κ2) is 3.43. The van der Waals surface area contributed by atoms with Crippen molar-refractivity contribution >= 4 is 0 Å². The van der Waals surface area contributed by atoms with Crippen molar-refractivity contribution in [1.29, 1.82) is 0 Å². The van der Waals surface area contributed by atoms with Crippen LogP contribution in [0.25, 0.3) is 0 Å². The highest BCUT2D eigenvalue weighted by Gasteiger charge is 2.23. The van der Waals surface area contributed by atoms with E-state index in [4.69, 9.17) is 5.73 Å². The van der Waals surface area contributed by atoms with Gasteiger partial charge in [0, 0.05) is 19.0 Å². The first-order valence-electron chi connectivity index (χ1n) is 4.22. The van der Waals surface area contributed by atoms with Crippen LogP contribution in [0.2, 0.25) is 0 Å². The summed E-state index contributed by atoms with van der Waals surface area (Å²) in [7, 11) is 1.74. The molecule has 0 bridgehead atoms. The van der Waals surface area contributed by atoms with Gasteiger partial charge in [0.25, 0.3) is 0 Å². The maximum Gasteiger partial charge on any atom is 0.0853 e. The Bertz CT molecular complexity index is 276. The Labute approximate surface area is 77.6 Å². The van der Waals surface area contributed by atoms with Gasteiger partial charge in [-0.2, -0.15) is 15.0 Å². The summed E-state index contributed by atoms with van der Waals surface area (Å²) in [6.45, 7) is 3.57. The maximum absolute atomic E-state index is 9.65. The van der Waals surface area contributed by atoms with Gasteiger partial charge in [-0.05, 0) is 13.8 Å². The fourth-order valence-electron chi connectivity index (χ4n) is 0.942. The fraction of sp³-hybridized carbons (Fsp3) is 0.750. The van der Waals surface area contributed by atoms with Crippen LogP contribution in [-0.4, -0.2) is 31.7 Å². The van der Waals surface area contributed by atoms with Crippen LogP contribution >= 0.6 is 0 Å². The first-order valence-corrected chi connectivity index (χ1v) is 4.22. The zero-order chi connectivity index (χ0) is 10.1. The first kappa shape index (κ1) is 10.1. The van der Waals surface area contributed by atoms with Gasteiger partial charge in [0.1, 0.15) is 0 Å². The number of aromatic nitrogens is 3. The van der Waals surface area contributed by atoms with Gasteiger partial charge in [0.05, 0.1) is 18.0 Å². The zero-order valence-electron chi connectivity index (χ0n) is 8.23. The standard InChI is InChI=1S/C8H16N4O/c1-8(2,9)7(13)4-6-5-10-12(3)11-6/h5,7,13H,4,9H2,1-3H3. The normalized spacial score (nSPS) is 14.5. The molecule has 0 aliphatic carbocycles. The number of aliphatic hydroxyl groups excluding tert-OH is 1. The fourth-order valence-corrected chi connectivity index (χ4v) is 0.942. The molecule has 74 valence electrons. The van der Waals surface area contributed by atoms with Crippen LogP contribution in [0.5, 0.6) is 0 Å². The summed E-state index contributed by atoms with van der Waals surface area (Å²) in [5.41, 5.74) is 5.89. The van der Waals surface area contributed by atoms with Crippen molar-refractivity contribution in [2.75, 3.05) is 0 Å². The number of nitrogens with zero attached hydrogens (tertiary/aromatic N) is 3. The van der Waals surface area contributed by atoms with Crippen LogP contribution < -0.4 is 5.73 Å². The predicted molar refractivity (Wildman–Crippen MR) is 49.0 cm³/mol. The maximum atomic E-state index is 9.65. The molecular weight excluding hydrogens is 168 g/mol. The molecule has 0 aliphatic heterocycles. The lowest BCUT2D eigenvalue weighted by atomic mass is 9.95. The number of hydrogen-bond acceptors (Lipinski definition) is 4. The van der Waals surface area contributed by atoms with E-state index >= 15 is 0 Å². The quantitative estimate of drug-likeness (QED) is 0.661. The van der Waals surface area contributed by atoms with E-state index in [9.17, 15) is 5.11 Å². The average molecular weight is 184 g/mol. The third kappa shape index (κ3) is 2.78. The zero-order valence-corrected chi connectivity index (χ0v) is 8.23. The SMILES string of the molecule is Cn1ncc(CC(O)C(C)(C)N)n1. The van der Waals surface area contributed by atoms with Gasteiger partial charge < -0.3 is 10.8 Å². The number of aryl methyl sites for hydroxylation is 1. The van der Waals surface area contributed by atoms with Crippen molar-refractivity contribution in [3.63, 3.8) is 0 Å². The molecule has 13 heavy (non-hydrogen) atoms. The third-order valence-corrected chi connectivity index (χ3v) is 1.91. The van der Waals surface area contributed by atoms with E-state index in [-0.39, 0.29) is 0 Å². The molecule has 1 aromatic rings. The molecular formula is C8H16N4O. The van der Waals surface area contributed by atoms with Crippen molar-refractivity contribution in [1.82, 2.24) is 15.0 Å². The van der Waals surface area contributed by atoms with E-state index in [1.807, 2.05) is 0 Å². The Balaban J connectivity index is 2.60. The monoisotopic (exact) mass is 184 g/mol. The molecule has 5 heteroatoms. The molecule has 0 fully saturated rings. The highest BCUT2D eigenvalue weighted by Crippen LogP contribution is 2.09. The second-order valence-corrected chi connectivity index (χ2v) is 3.87. The molecule has 0 saturated heterocycles. The van der Waals surface area contributed by atoms with E-state index in [1.54, 1.807) is 27.1 Å². The van der Waals surface area contributed by atoms with Gasteiger partial charge in [-0.15, -0.1) is 0 Å². The summed E-state index contributed by atoms with van der Waals surface area (Å²) in [6, 6.07) is 0. The predicted octanol–water partition coefficient (Wildman–Crippen LogP) is -0.544. The van der Waals surface area contributed by atoms with Gasteiger partial charge in [0.15, 0.2) is 0 Å². The van der Waals surface area contributed by atoms with Gasteiger partial charge in [-0.3, -0.25) is 0 Å². The van der Waals surface area contributed by atoms with E-state index in [0.29, 0.717) is 6.42 Å².